The summed E-state index contributed by atoms with van der Waals surface area (Å²) in [5.74, 6) is -1.09. The Morgan fingerprint density at radius 3 is 2.14 bits per heavy atom. The van der Waals surface area contributed by atoms with Crippen molar-refractivity contribution in [3.8, 4) is 11.5 Å². The van der Waals surface area contributed by atoms with E-state index in [1.54, 1.807) is 6.92 Å². The highest BCUT2D eigenvalue weighted by Crippen LogP contribution is 2.33. The van der Waals surface area contributed by atoms with Crippen molar-refractivity contribution in [3.05, 3.63) is 22.7 Å². The summed E-state index contributed by atoms with van der Waals surface area (Å²) in [6.07, 6.45) is 1.56. The third-order valence-corrected chi connectivity index (χ3v) is 2.96. The van der Waals surface area contributed by atoms with Crippen LogP contribution in [0.4, 0.5) is 0 Å². The van der Waals surface area contributed by atoms with Crippen molar-refractivity contribution in [1.29, 1.82) is 0 Å². The van der Waals surface area contributed by atoms with Crippen LogP contribution in [0, 0.1) is 0 Å². The predicted octanol–water partition coefficient (Wildman–Crippen LogP) is 3.66. The summed E-state index contributed by atoms with van der Waals surface area (Å²) in [6.45, 7) is 6.53. The second-order valence-corrected chi connectivity index (χ2v) is 4.93. The van der Waals surface area contributed by atoms with Crippen LogP contribution in [0.1, 0.15) is 44.0 Å². The zero-order valence-electron chi connectivity index (χ0n) is 13.1. The Balaban J connectivity index is 3.17. The number of hydrogen-bond acceptors (Lipinski definition) is 5. The van der Waals surface area contributed by atoms with Crippen LogP contribution in [-0.4, -0.2) is 31.6 Å². The molecule has 6 heteroatoms. The lowest BCUT2D eigenvalue weighted by Crippen LogP contribution is -2.19. The van der Waals surface area contributed by atoms with Gasteiger partial charge in [0.05, 0.1) is 30.4 Å². The number of carbonyl (C=O) groups is 2. The minimum Gasteiger partial charge on any atom is -0.493 e. The first-order valence-corrected chi connectivity index (χ1v) is 7.73. The molecule has 0 aromatic heterocycles. The van der Waals surface area contributed by atoms with Crippen molar-refractivity contribution in [2.45, 2.75) is 33.6 Å². The van der Waals surface area contributed by atoms with E-state index in [0.717, 1.165) is 12.8 Å². The van der Waals surface area contributed by atoms with Gasteiger partial charge in [0.25, 0.3) is 5.78 Å². The molecule has 122 valence electrons. The maximum atomic E-state index is 12.2. The van der Waals surface area contributed by atoms with Crippen LogP contribution in [0.25, 0.3) is 0 Å². The van der Waals surface area contributed by atoms with Crippen LogP contribution in [0.5, 0.6) is 11.5 Å². The largest absolute Gasteiger partial charge is 0.493 e. The molecule has 5 nitrogen and oxygen atoms in total. The molecule has 0 atom stereocenters. The lowest BCUT2D eigenvalue weighted by Gasteiger charge is -2.14. The van der Waals surface area contributed by atoms with E-state index in [9.17, 15) is 9.59 Å². The minimum atomic E-state index is -0.924. The van der Waals surface area contributed by atoms with Gasteiger partial charge in [0, 0.05) is 6.07 Å². The topological polar surface area (TPSA) is 61.8 Å². The normalized spacial score (nSPS) is 10.2. The molecule has 0 spiro atoms. The van der Waals surface area contributed by atoms with Crippen LogP contribution in [0.15, 0.2) is 12.1 Å². The predicted molar refractivity (Wildman–Crippen MR) is 84.0 cm³/mol. The number of ether oxygens (including phenoxy) is 3. The number of esters is 1. The third kappa shape index (κ3) is 4.91. The number of benzene rings is 1. The average molecular weight is 329 g/mol. The minimum absolute atomic E-state index is 0.0994. The van der Waals surface area contributed by atoms with E-state index < -0.39 is 11.8 Å². The number of hydrogen-bond donors (Lipinski definition) is 0. The summed E-state index contributed by atoms with van der Waals surface area (Å²) in [7, 11) is 0. The first kappa shape index (κ1) is 18.3. The zero-order chi connectivity index (χ0) is 16.5. The zero-order valence-corrected chi connectivity index (χ0v) is 13.9. The Morgan fingerprint density at radius 2 is 1.59 bits per heavy atom. The second kappa shape index (κ2) is 9.30. The van der Waals surface area contributed by atoms with Gasteiger partial charge in [-0.05, 0) is 25.8 Å². The fraction of sp³-hybridized carbons (Fsp3) is 0.500. The van der Waals surface area contributed by atoms with Crippen molar-refractivity contribution < 1.29 is 23.8 Å². The van der Waals surface area contributed by atoms with E-state index in [2.05, 4.69) is 0 Å². The van der Waals surface area contributed by atoms with Crippen molar-refractivity contribution >= 4 is 23.4 Å². The van der Waals surface area contributed by atoms with Crippen molar-refractivity contribution in [2.75, 3.05) is 19.8 Å². The van der Waals surface area contributed by atoms with Crippen LogP contribution in [0.3, 0.4) is 0 Å². The highest BCUT2D eigenvalue weighted by Gasteiger charge is 2.24. The Bertz CT molecular complexity index is 528. The molecule has 0 aliphatic heterocycles. The molecule has 0 aliphatic carbocycles. The molecular weight excluding hydrogens is 308 g/mol. The summed E-state index contributed by atoms with van der Waals surface area (Å²) in [4.78, 5) is 23.9. The van der Waals surface area contributed by atoms with Gasteiger partial charge < -0.3 is 14.2 Å². The summed E-state index contributed by atoms with van der Waals surface area (Å²) in [5.41, 5.74) is 0.0994. The Hall–Kier alpha value is -1.75. The van der Waals surface area contributed by atoms with Crippen LogP contribution < -0.4 is 9.47 Å². The Kier molecular flexibility index (Phi) is 7.74. The summed E-state index contributed by atoms with van der Waals surface area (Å²) in [6, 6.07) is 2.93. The van der Waals surface area contributed by atoms with Gasteiger partial charge in [-0.15, -0.1) is 0 Å². The van der Waals surface area contributed by atoms with E-state index in [1.807, 2.05) is 13.8 Å². The molecule has 0 unspecified atom stereocenters. The van der Waals surface area contributed by atoms with E-state index in [0.29, 0.717) is 24.0 Å². The molecule has 0 saturated heterocycles. The van der Waals surface area contributed by atoms with Crippen molar-refractivity contribution in [1.82, 2.24) is 0 Å². The third-order valence-electron chi connectivity index (χ3n) is 2.66. The molecule has 0 radical (unpaired) electrons. The number of carbonyl (C=O) groups excluding carboxylic acids is 2. The van der Waals surface area contributed by atoms with Crippen molar-refractivity contribution in [3.63, 3.8) is 0 Å². The molecule has 0 fully saturated rings. The second-order valence-electron chi connectivity index (χ2n) is 4.53. The molecule has 0 amide bonds. The van der Waals surface area contributed by atoms with Crippen LogP contribution in [-0.2, 0) is 9.53 Å². The fourth-order valence-corrected chi connectivity index (χ4v) is 1.88. The quantitative estimate of drug-likeness (QED) is 0.393. The summed E-state index contributed by atoms with van der Waals surface area (Å²) in [5, 5.41) is 0.333. The molecule has 0 bridgehead atoms. The Morgan fingerprint density at radius 1 is 1.00 bits per heavy atom. The van der Waals surface area contributed by atoms with Gasteiger partial charge >= 0.3 is 5.97 Å². The summed E-state index contributed by atoms with van der Waals surface area (Å²) >= 11 is 6.13. The molecule has 0 saturated carbocycles. The standard InChI is InChI=1S/C16H21ClO5/c1-4-7-21-13-10-12(17)14(22-8-5-2)9-11(13)15(18)16(19)20-6-3/h9-10H,4-8H2,1-3H3. The van der Waals surface area contributed by atoms with Gasteiger partial charge in [-0.3, -0.25) is 4.79 Å². The van der Waals surface area contributed by atoms with E-state index in [-0.39, 0.29) is 17.9 Å². The number of ketones is 1. The van der Waals surface area contributed by atoms with Crippen molar-refractivity contribution in [2.24, 2.45) is 0 Å². The SMILES string of the molecule is CCCOc1cc(C(=O)C(=O)OCC)c(OCCC)cc1Cl. The van der Waals surface area contributed by atoms with Gasteiger partial charge in [-0.25, -0.2) is 4.79 Å². The maximum Gasteiger partial charge on any atom is 0.379 e. The molecule has 1 aromatic carbocycles. The van der Waals surface area contributed by atoms with E-state index in [4.69, 9.17) is 25.8 Å². The number of rotatable bonds is 9. The number of halogens is 1. The van der Waals surface area contributed by atoms with Gasteiger partial charge in [0.1, 0.15) is 11.5 Å². The van der Waals surface area contributed by atoms with Crippen LogP contribution >= 0.6 is 11.6 Å². The monoisotopic (exact) mass is 328 g/mol. The molecular formula is C16H21ClO5. The van der Waals surface area contributed by atoms with Gasteiger partial charge in [-0.1, -0.05) is 25.4 Å². The lowest BCUT2D eigenvalue weighted by molar-refractivity contribution is -0.137. The molecule has 1 aromatic rings. The van der Waals surface area contributed by atoms with Gasteiger partial charge in [-0.2, -0.15) is 0 Å². The highest BCUT2D eigenvalue weighted by molar-refractivity contribution is 6.41. The maximum absolute atomic E-state index is 12.2. The van der Waals surface area contributed by atoms with E-state index in [1.165, 1.54) is 12.1 Å². The summed E-state index contributed by atoms with van der Waals surface area (Å²) < 4.78 is 15.7. The highest BCUT2D eigenvalue weighted by atomic mass is 35.5. The molecule has 22 heavy (non-hydrogen) atoms. The smallest absolute Gasteiger partial charge is 0.379 e. The average Bonchev–Trinajstić information content (AvgIpc) is 2.51. The van der Waals surface area contributed by atoms with Gasteiger partial charge in [0.2, 0.25) is 0 Å². The van der Waals surface area contributed by atoms with Crippen LogP contribution in [0.2, 0.25) is 5.02 Å². The molecule has 1 rings (SSSR count). The first-order chi connectivity index (χ1) is 10.5. The number of Topliss-reactive ketones (excluding diaryl/α,β-unsaturated/α-hetero) is 1. The molecule has 0 aliphatic rings. The lowest BCUT2D eigenvalue weighted by atomic mass is 10.1. The van der Waals surface area contributed by atoms with E-state index >= 15 is 0 Å². The fourth-order valence-electron chi connectivity index (χ4n) is 1.67. The van der Waals surface area contributed by atoms with Gasteiger partial charge in [0.15, 0.2) is 0 Å². The molecule has 0 N–H and O–H groups in total. The Labute approximate surface area is 135 Å². The molecule has 0 heterocycles. The first-order valence-electron chi connectivity index (χ1n) is 7.35.